The summed E-state index contributed by atoms with van der Waals surface area (Å²) in [6.07, 6.45) is 3.07. The first-order valence-corrected chi connectivity index (χ1v) is 8.80. The van der Waals surface area contributed by atoms with E-state index in [4.69, 9.17) is 4.74 Å². The van der Waals surface area contributed by atoms with Crippen molar-refractivity contribution in [3.05, 3.63) is 42.2 Å². The molecule has 1 saturated carbocycles. The zero-order valence-electron chi connectivity index (χ0n) is 15.1. The predicted molar refractivity (Wildman–Crippen MR) is 96.9 cm³/mol. The maximum absolute atomic E-state index is 11.9. The van der Waals surface area contributed by atoms with Crippen molar-refractivity contribution in [2.45, 2.75) is 26.3 Å². The summed E-state index contributed by atoms with van der Waals surface area (Å²) in [5.74, 6) is 1.36. The lowest BCUT2D eigenvalue weighted by Crippen LogP contribution is -2.31. The van der Waals surface area contributed by atoms with Gasteiger partial charge in [-0.2, -0.15) is 5.10 Å². The molecule has 0 spiro atoms. The number of methoxy groups -OCH3 is 1. The van der Waals surface area contributed by atoms with Gasteiger partial charge in [0, 0.05) is 25.1 Å². The third-order valence-corrected chi connectivity index (χ3v) is 4.55. The van der Waals surface area contributed by atoms with Gasteiger partial charge in [0.2, 0.25) is 11.8 Å². The number of rotatable bonds is 8. The van der Waals surface area contributed by atoms with Crippen LogP contribution in [0.4, 0.5) is 0 Å². The number of ether oxygens (including phenoxy) is 1. The van der Waals surface area contributed by atoms with Gasteiger partial charge >= 0.3 is 0 Å². The van der Waals surface area contributed by atoms with Crippen LogP contribution in [0.5, 0.6) is 5.75 Å². The topological polar surface area (TPSA) is 85.2 Å². The summed E-state index contributed by atoms with van der Waals surface area (Å²) in [6.45, 7) is 2.78. The third kappa shape index (κ3) is 4.62. The normalized spacial score (nSPS) is 18.2. The van der Waals surface area contributed by atoms with Crippen molar-refractivity contribution in [3.8, 4) is 11.4 Å². The van der Waals surface area contributed by atoms with Gasteiger partial charge in [-0.3, -0.25) is 9.59 Å². The first-order chi connectivity index (χ1) is 12.6. The van der Waals surface area contributed by atoms with Gasteiger partial charge in [-0.1, -0.05) is 6.92 Å². The smallest absolute Gasteiger partial charge is 0.223 e. The second-order valence-corrected chi connectivity index (χ2v) is 6.59. The van der Waals surface area contributed by atoms with Gasteiger partial charge in [0.05, 0.1) is 25.0 Å². The largest absolute Gasteiger partial charge is 0.497 e. The van der Waals surface area contributed by atoms with Crippen LogP contribution in [0, 0.1) is 11.8 Å². The Labute approximate surface area is 152 Å². The summed E-state index contributed by atoms with van der Waals surface area (Å²) >= 11 is 0. The van der Waals surface area contributed by atoms with Crippen LogP contribution in [0.25, 0.3) is 5.69 Å². The molecule has 1 aromatic heterocycles. The lowest BCUT2D eigenvalue weighted by molar-refractivity contribution is -0.123. The molecule has 2 amide bonds. The van der Waals surface area contributed by atoms with E-state index in [1.54, 1.807) is 11.8 Å². The van der Waals surface area contributed by atoms with E-state index in [1.807, 2.05) is 36.5 Å². The first kappa shape index (κ1) is 18.0. The zero-order valence-corrected chi connectivity index (χ0v) is 15.1. The molecule has 3 rings (SSSR count). The van der Waals surface area contributed by atoms with Gasteiger partial charge < -0.3 is 15.4 Å². The molecule has 26 heavy (non-hydrogen) atoms. The van der Waals surface area contributed by atoms with Crippen molar-refractivity contribution >= 4 is 11.8 Å². The highest BCUT2D eigenvalue weighted by atomic mass is 16.5. The van der Waals surface area contributed by atoms with Gasteiger partial charge in [-0.25, -0.2) is 4.68 Å². The number of amides is 2. The number of carbonyl (C=O) groups excluding carboxylic acids is 2. The minimum atomic E-state index is -0.104. The Morgan fingerprint density at radius 3 is 2.62 bits per heavy atom. The fourth-order valence-electron chi connectivity index (χ4n) is 2.73. The van der Waals surface area contributed by atoms with E-state index < -0.39 is 0 Å². The molecular formula is C19H24N4O3. The Morgan fingerprint density at radius 1 is 1.23 bits per heavy atom. The van der Waals surface area contributed by atoms with E-state index in [9.17, 15) is 9.59 Å². The summed E-state index contributed by atoms with van der Waals surface area (Å²) in [5.41, 5.74) is 1.69. The SMILES string of the molecule is COc1ccc(-n2ccc(CNC(=O)CCNC(=O)[C@@H]3C[C@@H]3C)n2)cc1. The Hall–Kier alpha value is -2.83. The van der Waals surface area contributed by atoms with E-state index in [1.165, 1.54) is 0 Å². The molecule has 1 fully saturated rings. The van der Waals surface area contributed by atoms with E-state index in [0.717, 1.165) is 23.6 Å². The lowest BCUT2D eigenvalue weighted by atomic mass is 10.3. The molecule has 138 valence electrons. The van der Waals surface area contributed by atoms with Gasteiger partial charge in [-0.05, 0) is 42.7 Å². The van der Waals surface area contributed by atoms with Crippen LogP contribution in [0.2, 0.25) is 0 Å². The minimum absolute atomic E-state index is 0.0588. The number of hydrogen-bond acceptors (Lipinski definition) is 4. The molecule has 1 heterocycles. The minimum Gasteiger partial charge on any atom is -0.497 e. The van der Waals surface area contributed by atoms with Crippen LogP contribution < -0.4 is 15.4 Å². The molecular weight excluding hydrogens is 332 g/mol. The van der Waals surface area contributed by atoms with Crippen LogP contribution in [0.15, 0.2) is 36.5 Å². The summed E-state index contributed by atoms with van der Waals surface area (Å²) in [7, 11) is 1.63. The number of benzene rings is 1. The molecule has 0 unspecified atom stereocenters. The molecule has 1 aromatic carbocycles. The molecule has 2 aromatic rings. The maximum atomic E-state index is 11.9. The zero-order chi connectivity index (χ0) is 18.5. The molecule has 7 heteroatoms. The van der Waals surface area contributed by atoms with Crippen LogP contribution in [0.1, 0.15) is 25.5 Å². The van der Waals surface area contributed by atoms with Crippen LogP contribution in [0.3, 0.4) is 0 Å². The molecule has 2 atom stereocenters. The molecule has 0 aliphatic heterocycles. The van der Waals surface area contributed by atoms with E-state index in [-0.39, 0.29) is 24.2 Å². The van der Waals surface area contributed by atoms with Gasteiger partial charge in [0.1, 0.15) is 5.75 Å². The summed E-state index contributed by atoms with van der Waals surface area (Å²) in [5, 5.41) is 10.1. The van der Waals surface area contributed by atoms with Gasteiger partial charge in [0.15, 0.2) is 0 Å². The third-order valence-electron chi connectivity index (χ3n) is 4.55. The molecule has 0 saturated heterocycles. The Morgan fingerprint density at radius 2 is 1.96 bits per heavy atom. The lowest BCUT2D eigenvalue weighted by Gasteiger charge is -2.06. The van der Waals surface area contributed by atoms with Crippen molar-refractivity contribution in [2.75, 3.05) is 13.7 Å². The second-order valence-electron chi connectivity index (χ2n) is 6.59. The predicted octanol–water partition coefficient (Wildman–Crippen LogP) is 1.66. The molecule has 1 aliphatic rings. The molecule has 2 N–H and O–H groups in total. The highest BCUT2D eigenvalue weighted by molar-refractivity contribution is 5.82. The van der Waals surface area contributed by atoms with E-state index in [2.05, 4.69) is 22.7 Å². The van der Waals surface area contributed by atoms with Crippen molar-refractivity contribution in [3.63, 3.8) is 0 Å². The van der Waals surface area contributed by atoms with E-state index in [0.29, 0.717) is 19.0 Å². The highest BCUT2D eigenvalue weighted by Crippen LogP contribution is 2.37. The van der Waals surface area contributed by atoms with Crippen LogP contribution in [-0.4, -0.2) is 35.2 Å². The number of carbonyl (C=O) groups is 2. The van der Waals surface area contributed by atoms with Crippen molar-refractivity contribution in [1.29, 1.82) is 0 Å². The number of nitrogens with one attached hydrogen (secondary N) is 2. The molecule has 7 nitrogen and oxygen atoms in total. The standard InChI is InChI=1S/C19H24N4O3/c1-13-11-17(13)19(25)20-9-7-18(24)21-12-14-8-10-23(22-14)15-3-5-16(26-2)6-4-15/h3-6,8,10,13,17H,7,9,11-12H2,1-2H3,(H,20,25)(H,21,24)/t13-,17+/m0/s1. The summed E-state index contributed by atoms with van der Waals surface area (Å²) in [6, 6.07) is 9.43. The average Bonchev–Trinajstić information content (AvgIpc) is 3.20. The van der Waals surface area contributed by atoms with Crippen molar-refractivity contribution in [2.24, 2.45) is 11.8 Å². The Bertz CT molecular complexity index is 769. The quantitative estimate of drug-likeness (QED) is 0.753. The molecule has 0 bridgehead atoms. The molecule has 0 radical (unpaired) electrons. The Kier molecular flexibility index (Phi) is 5.55. The highest BCUT2D eigenvalue weighted by Gasteiger charge is 2.38. The number of nitrogens with zero attached hydrogens (tertiary/aromatic N) is 2. The van der Waals surface area contributed by atoms with Gasteiger partial charge in [-0.15, -0.1) is 0 Å². The monoisotopic (exact) mass is 356 g/mol. The van der Waals surface area contributed by atoms with Crippen molar-refractivity contribution < 1.29 is 14.3 Å². The maximum Gasteiger partial charge on any atom is 0.223 e. The van der Waals surface area contributed by atoms with Crippen LogP contribution >= 0.6 is 0 Å². The fourth-order valence-corrected chi connectivity index (χ4v) is 2.73. The van der Waals surface area contributed by atoms with Crippen LogP contribution in [-0.2, 0) is 16.1 Å². The van der Waals surface area contributed by atoms with Crippen molar-refractivity contribution in [1.82, 2.24) is 20.4 Å². The van der Waals surface area contributed by atoms with E-state index >= 15 is 0 Å². The first-order valence-electron chi connectivity index (χ1n) is 8.80. The average molecular weight is 356 g/mol. The molecule has 1 aliphatic carbocycles. The number of aromatic nitrogens is 2. The fraction of sp³-hybridized carbons (Fsp3) is 0.421. The number of hydrogen-bond donors (Lipinski definition) is 2. The Balaban J connectivity index is 1.41. The summed E-state index contributed by atoms with van der Waals surface area (Å²) < 4.78 is 6.89. The van der Waals surface area contributed by atoms with Gasteiger partial charge in [0.25, 0.3) is 0 Å². The second kappa shape index (κ2) is 8.03. The summed E-state index contributed by atoms with van der Waals surface area (Å²) in [4.78, 5) is 23.6.